The summed E-state index contributed by atoms with van der Waals surface area (Å²) in [6, 6.07) is 61.3. The van der Waals surface area contributed by atoms with Crippen LogP contribution in [0.4, 0.5) is 5.82 Å². The van der Waals surface area contributed by atoms with Crippen molar-refractivity contribution in [3.8, 4) is 0 Å². The zero-order valence-corrected chi connectivity index (χ0v) is 46.5. The smallest absolute Gasteiger partial charge is 0.353 e. The van der Waals surface area contributed by atoms with Crippen molar-refractivity contribution in [1.82, 2.24) is 19.5 Å². The first kappa shape index (κ1) is 57.9. The summed E-state index contributed by atoms with van der Waals surface area (Å²) >= 11 is 0. The molecule has 0 fully saturated rings. The van der Waals surface area contributed by atoms with Crippen molar-refractivity contribution < 1.29 is 28.2 Å². The molecule has 2 aromatic heterocycles. The molecule has 6 aromatic carbocycles. The predicted molar refractivity (Wildman–Crippen MR) is 315 cm³/mol. The monoisotopic (exact) mass is 1070 g/mol. The third kappa shape index (κ3) is 15.9. The summed E-state index contributed by atoms with van der Waals surface area (Å²) in [5, 5.41) is 3.88. The standard InChI is InChI=1S/C66H80N5O6P/c1-2-3-4-5-6-7-8-9-10-11-12-13-14-33-47-74-48-34-49-77-78(72,73)54-75-61(51-76-66(58-41-27-18-28-42-58,59-43-29-19-30-44-59)60-45-31-20-32-46-60)50-71-53-69-62-63(67-52-68-64(62)71)70-65(55-35-21-15-22-36-55,56-37-23-16-24-38-56)57-39-25-17-26-40-57/h15-32,35-46,52-53,61H,2-14,33-34,47-51,54H2,1H3,(H,72,73)(H,67,68,70)/t61-/m0/s1. The third-order valence-electron chi connectivity index (χ3n) is 14.6. The summed E-state index contributed by atoms with van der Waals surface area (Å²) in [7, 11) is -4.23. The average Bonchev–Trinajstić information content (AvgIpc) is 4.05. The molecule has 12 heteroatoms. The molecule has 8 aromatic rings. The summed E-state index contributed by atoms with van der Waals surface area (Å²) in [4.78, 5) is 25.8. The van der Waals surface area contributed by atoms with Crippen LogP contribution in [0.5, 0.6) is 0 Å². The summed E-state index contributed by atoms with van der Waals surface area (Å²) < 4.78 is 41.0. The summed E-state index contributed by atoms with van der Waals surface area (Å²) in [5.74, 6) is 0.525. The molecule has 0 aliphatic carbocycles. The van der Waals surface area contributed by atoms with Crippen molar-refractivity contribution in [2.75, 3.05) is 38.1 Å². The van der Waals surface area contributed by atoms with E-state index in [1.54, 1.807) is 6.33 Å². The van der Waals surface area contributed by atoms with Crippen molar-refractivity contribution >= 4 is 24.6 Å². The van der Waals surface area contributed by atoms with Gasteiger partial charge in [0.2, 0.25) is 0 Å². The van der Waals surface area contributed by atoms with Gasteiger partial charge in [0.15, 0.2) is 11.5 Å². The minimum Gasteiger partial charge on any atom is -0.381 e. The van der Waals surface area contributed by atoms with Crippen molar-refractivity contribution in [3.63, 3.8) is 0 Å². The molecule has 0 aliphatic heterocycles. The van der Waals surface area contributed by atoms with E-state index in [0.29, 0.717) is 36.6 Å². The molecule has 11 nitrogen and oxygen atoms in total. The van der Waals surface area contributed by atoms with Gasteiger partial charge in [-0.25, -0.2) is 15.0 Å². The molecule has 78 heavy (non-hydrogen) atoms. The molecule has 0 aliphatic rings. The number of aromatic nitrogens is 4. The molecule has 0 saturated carbocycles. The van der Waals surface area contributed by atoms with E-state index >= 15 is 0 Å². The largest absolute Gasteiger partial charge is 0.381 e. The van der Waals surface area contributed by atoms with Gasteiger partial charge in [0.1, 0.15) is 29.3 Å². The number of unbranched alkanes of at least 4 members (excludes halogenated alkanes) is 13. The van der Waals surface area contributed by atoms with Crippen LogP contribution in [0.25, 0.3) is 11.2 Å². The van der Waals surface area contributed by atoms with Crippen LogP contribution in [-0.2, 0) is 41.0 Å². The van der Waals surface area contributed by atoms with E-state index in [1.807, 2.05) is 114 Å². The lowest BCUT2D eigenvalue weighted by Crippen LogP contribution is -2.38. The number of nitrogens with one attached hydrogen (secondary N) is 1. The number of imidazole rings is 1. The maximum Gasteiger partial charge on any atom is 0.353 e. The molecular weight excluding hydrogens is 990 g/mol. The molecule has 2 heterocycles. The topological polar surface area (TPSA) is 130 Å². The molecule has 1 unspecified atom stereocenters. The lowest BCUT2D eigenvalue weighted by atomic mass is 9.77. The van der Waals surface area contributed by atoms with E-state index in [0.717, 1.165) is 46.2 Å². The van der Waals surface area contributed by atoms with Crippen molar-refractivity contribution in [3.05, 3.63) is 228 Å². The lowest BCUT2D eigenvalue weighted by Gasteiger charge is -2.37. The van der Waals surface area contributed by atoms with Gasteiger partial charge in [-0.1, -0.05) is 272 Å². The van der Waals surface area contributed by atoms with Crippen LogP contribution in [0, 0.1) is 0 Å². The number of benzene rings is 6. The molecule has 2 N–H and O–H groups in total. The van der Waals surface area contributed by atoms with Gasteiger partial charge in [0, 0.05) is 13.2 Å². The molecule has 2 atom stereocenters. The first-order chi connectivity index (χ1) is 38.4. The lowest BCUT2D eigenvalue weighted by molar-refractivity contribution is -0.0629. The van der Waals surface area contributed by atoms with E-state index in [4.69, 9.17) is 33.7 Å². The number of ether oxygens (including phenoxy) is 3. The number of rotatable bonds is 36. The second-order valence-corrected chi connectivity index (χ2v) is 22.1. The third-order valence-corrected chi connectivity index (χ3v) is 15.7. The van der Waals surface area contributed by atoms with E-state index in [-0.39, 0.29) is 19.8 Å². The minimum absolute atomic E-state index is 0.000768. The van der Waals surface area contributed by atoms with Gasteiger partial charge in [-0.2, -0.15) is 0 Å². The van der Waals surface area contributed by atoms with Crippen LogP contribution in [0.2, 0.25) is 0 Å². The SMILES string of the molecule is CCCCCCCCCCCCCCCCOCCCOP(=O)(O)CO[C@H](COC(c1ccccc1)(c1ccccc1)c1ccccc1)Cn1cnc2c(NC(c3ccccc3)(c3ccccc3)c3ccccc3)ncnc21. The van der Waals surface area contributed by atoms with E-state index in [9.17, 15) is 9.46 Å². The zero-order valence-electron chi connectivity index (χ0n) is 45.6. The Bertz CT molecular complexity index is 2760. The number of nitrogens with zero attached hydrogens (tertiary/aromatic N) is 4. The molecule has 8 rings (SSSR count). The van der Waals surface area contributed by atoms with Gasteiger partial charge in [-0.15, -0.1) is 0 Å². The molecule has 0 bridgehead atoms. The van der Waals surface area contributed by atoms with Crippen LogP contribution in [0.1, 0.15) is 137 Å². The summed E-state index contributed by atoms with van der Waals surface area (Å²) in [5.41, 5.74) is 4.93. The Kier molecular flexibility index (Phi) is 22.8. The minimum atomic E-state index is -4.23. The Hall–Kier alpha value is -6.30. The highest BCUT2D eigenvalue weighted by Crippen LogP contribution is 2.44. The fourth-order valence-electron chi connectivity index (χ4n) is 10.5. The molecular formula is C66H80N5O6P. The highest BCUT2D eigenvalue weighted by atomic mass is 31.2. The molecule has 0 saturated heterocycles. The van der Waals surface area contributed by atoms with Gasteiger partial charge >= 0.3 is 7.60 Å². The van der Waals surface area contributed by atoms with E-state index in [2.05, 4.69) is 85.0 Å². The fourth-order valence-corrected chi connectivity index (χ4v) is 11.4. The average molecular weight is 1070 g/mol. The highest BCUT2D eigenvalue weighted by Gasteiger charge is 2.40. The Morgan fingerprint density at radius 1 is 0.526 bits per heavy atom. The van der Waals surface area contributed by atoms with Crippen LogP contribution >= 0.6 is 7.60 Å². The molecule has 410 valence electrons. The zero-order chi connectivity index (χ0) is 54.0. The maximum atomic E-state index is 13.8. The quantitative estimate of drug-likeness (QED) is 0.0222. The first-order valence-corrected chi connectivity index (χ1v) is 30.3. The summed E-state index contributed by atoms with van der Waals surface area (Å²) in [6.07, 6.45) is 20.7. The van der Waals surface area contributed by atoms with Gasteiger partial charge in [0.25, 0.3) is 0 Å². The van der Waals surface area contributed by atoms with Gasteiger partial charge < -0.3 is 33.5 Å². The Labute approximate surface area is 463 Å². The number of hydrogen-bond acceptors (Lipinski definition) is 9. The molecule has 0 radical (unpaired) electrons. The summed E-state index contributed by atoms with van der Waals surface area (Å²) in [6.45, 7) is 3.62. The van der Waals surface area contributed by atoms with Gasteiger partial charge in [-0.3, -0.25) is 4.57 Å². The van der Waals surface area contributed by atoms with Crippen molar-refractivity contribution in [2.24, 2.45) is 0 Å². The molecule has 0 spiro atoms. The second kappa shape index (κ2) is 30.7. The molecule has 0 amide bonds. The van der Waals surface area contributed by atoms with Crippen molar-refractivity contribution in [1.29, 1.82) is 0 Å². The van der Waals surface area contributed by atoms with Gasteiger partial charge in [-0.05, 0) is 46.2 Å². The number of hydrogen-bond donors (Lipinski definition) is 2. The Morgan fingerprint density at radius 3 is 1.41 bits per heavy atom. The highest BCUT2D eigenvalue weighted by molar-refractivity contribution is 7.52. The van der Waals surface area contributed by atoms with E-state index in [1.165, 1.54) is 83.4 Å². The van der Waals surface area contributed by atoms with Crippen LogP contribution < -0.4 is 5.32 Å². The fraction of sp³-hybridized carbons (Fsp3) is 0.379. The second-order valence-electron chi connectivity index (χ2n) is 20.3. The first-order valence-electron chi connectivity index (χ1n) is 28.5. The van der Waals surface area contributed by atoms with Gasteiger partial charge in [0.05, 0.1) is 32.2 Å². The number of fused-ring (bicyclic) bond motifs is 1. The van der Waals surface area contributed by atoms with Crippen molar-refractivity contribution in [2.45, 2.75) is 127 Å². The van der Waals surface area contributed by atoms with Crippen LogP contribution in [0.15, 0.2) is 195 Å². The normalized spacial score (nSPS) is 13.1. The van der Waals surface area contributed by atoms with Crippen LogP contribution in [-0.4, -0.2) is 63.3 Å². The van der Waals surface area contributed by atoms with Crippen LogP contribution in [0.3, 0.4) is 0 Å². The Balaban J connectivity index is 0.961. The maximum absolute atomic E-state index is 13.8. The Morgan fingerprint density at radius 2 is 0.949 bits per heavy atom. The number of anilines is 1. The predicted octanol–water partition coefficient (Wildman–Crippen LogP) is 15.7. The van der Waals surface area contributed by atoms with E-state index < -0.39 is 31.2 Å².